The molecular formula is C18H23N3O3. The third-order valence-corrected chi connectivity index (χ3v) is 4.52. The van der Waals surface area contributed by atoms with Crippen LogP contribution >= 0.6 is 0 Å². The monoisotopic (exact) mass is 329 g/mol. The van der Waals surface area contributed by atoms with Gasteiger partial charge in [-0.15, -0.1) is 0 Å². The van der Waals surface area contributed by atoms with E-state index in [1.165, 1.54) is 12.1 Å². The fourth-order valence-corrected chi connectivity index (χ4v) is 4.00. The lowest BCUT2D eigenvalue weighted by atomic mass is 9.79. The molecule has 1 aromatic carbocycles. The molecule has 2 aliphatic heterocycles. The lowest BCUT2D eigenvalue weighted by Gasteiger charge is -2.46. The third-order valence-electron chi connectivity index (χ3n) is 4.52. The lowest BCUT2D eigenvalue weighted by Crippen LogP contribution is -2.62. The van der Waals surface area contributed by atoms with E-state index in [0.29, 0.717) is 11.1 Å². The standard InChI is InChI=1S/C18H23N3O3/c1-17(2)8-11(9-18(3,4)21-17)19-14(22)10-5-6-12-13(7-10)16(24)20-15(12)23/h5-7,11,21H,8-9H2,1-4H3,(H,19,22)(H,20,23,24). The maximum Gasteiger partial charge on any atom is 0.258 e. The second-order valence-corrected chi connectivity index (χ2v) is 8.02. The van der Waals surface area contributed by atoms with Crippen molar-refractivity contribution in [1.82, 2.24) is 16.0 Å². The molecule has 0 atom stereocenters. The van der Waals surface area contributed by atoms with E-state index in [1.807, 2.05) is 0 Å². The van der Waals surface area contributed by atoms with E-state index in [0.717, 1.165) is 12.8 Å². The van der Waals surface area contributed by atoms with Gasteiger partial charge in [-0.05, 0) is 58.7 Å². The second-order valence-electron chi connectivity index (χ2n) is 8.02. The number of rotatable bonds is 2. The number of benzene rings is 1. The van der Waals surface area contributed by atoms with E-state index in [1.54, 1.807) is 6.07 Å². The summed E-state index contributed by atoms with van der Waals surface area (Å²) in [6.45, 7) is 8.49. The van der Waals surface area contributed by atoms with Crippen LogP contribution in [0.4, 0.5) is 0 Å². The zero-order valence-electron chi connectivity index (χ0n) is 14.4. The van der Waals surface area contributed by atoms with Crippen molar-refractivity contribution in [3.8, 4) is 0 Å². The van der Waals surface area contributed by atoms with E-state index in [4.69, 9.17) is 0 Å². The SMILES string of the molecule is CC1(C)CC(NC(=O)c2ccc3c(c2)C(=O)NC3=O)CC(C)(C)N1. The molecule has 3 N–H and O–H groups in total. The minimum Gasteiger partial charge on any atom is -0.349 e. The van der Waals surface area contributed by atoms with E-state index in [2.05, 4.69) is 43.6 Å². The summed E-state index contributed by atoms with van der Waals surface area (Å²) in [7, 11) is 0. The van der Waals surface area contributed by atoms with Crippen LogP contribution in [0.2, 0.25) is 0 Å². The first-order valence-electron chi connectivity index (χ1n) is 8.16. The highest BCUT2D eigenvalue weighted by Gasteiger charge is 2.38. The van der Waals surface area contributed by atoms with Crippen LogP contribution in [-0.2, 0) is 0 Å². The smallest absolute Gasteiger partial charge is 0.258 e. The van der Waals surface area contributed by atoms with Crippen LogP contribution in [0.25, 0.3) is 0 Å². The van der Waals surface area contributed by atoms with Crippen LogP contribution in [-0.4, -0.2) is 34.8 Å². The highest BCUT2D eigenvalue weighted by atomic mass is 16.2. The van der Waals surface area contributed by atoms with Crippen molar-refractivity contribution in [3.63, 3.8) is 0 Å². The lowest BCUT2D eigenvalue weighted by molar-refractivity contribution is 0.0864. The van der Waals surface area contributed by atoms with Gasteiger partial charge in [0.2, 0.25) is 0 Å². The van der Waals surface area contributed by atoms with Crippen molar-refractivity contribution in [2.45, 2.75) is 57.7 Å². The van der Waals surface area contributed by atoms with Crippen molar-refractivity contribution < 1.29 is 14.4 Å². The number of fused-ring (bicyclic) bond motifs is 1. The van der Waals surface area contributed by atoms with Crippen molar-refractivity contribution in [2.75, 3.05) is 0 Å². The zero-order valence-corrected chi connectivity index (χ0v) is 14.4. The van der Waals surface area contributed by atoms with E-state index < -0.39 is 11.8 Å². The molecule has 2 aliphatic rings. The van der Waals surface area contributed by atoms with Crippen molar-refractivity contribution in [3.05, 3.63) is 34.9 Å². The molecule has 0 unspecified atom stereocenters. The molecule has 2 heterocycles. The molecule has 128 valence electrons. The van der Waals surface area contributed by atoms with Crippen LogP contribution in [0.5, 0.6) is 0 Å². The molecule has 0 bridgehead atoms. The Balaban J connectivity index is 1.77. The first-order valence-corrected chi connectivity index (χ1v) is 8.16. The Morgan fingerprint density at radius 1 is 1.04 bits per heavy atom. The fourth-order valence-electron chi connectivity index (χ4n) is 4.00. The fraction of sp³-hybridized carbons (Fsp3) is 0.500. The molecular weight excluding hydrogens is 306 g/mol. The molecule has 0 spiro atoms. The zero-order chi connectivity index (χ0) is 17.7. The Kier molecular flexibility index (Phi) is 3.75. The summed E-state index contributed by atoms with van der Waals surface area (Å²) in [5.74, 6) is -1.08. The summed E-state index contributed by atoms with van der Waals surface area (Å²) in [5.41, 5.74) is 0.848. The Morgan fingerprint density at radius 3 is 2.25 bits per heavy atom. The number of nitrogens with one attached hydrogen (secondary N) is 3. The molecule has 3 amide bonds. The number of amides is 3. The molecule has 24 heavy (non-hydrogen) atoms. The van der Waals surface area contributed by atoms with Crippen molar-refractivity contribution in [1.29, 1.82) is 0 Å². The van der Waals surface area contributed by atoms with E-state index >= 15 is 0 Å². The van der Waals surface area contributed by atoms with Crippen LogP contribution in [0.15, 0.2) is 18.2 Å². The summed E-state index contributed by atoms with van der Waals surface area (Å²) in [4.78, 5) is 35.9. The summed E-state index contributed by atoms with van der Waals surface area (Å²) in [6.07, 6.45) is 1.65. The van der Waals surface area contributed by atoms with Crippen LogP contribution in [0.1, 0.15) is 71.6 Å². The number of carbonyl (C=O) groups is 3. The molecule has 1 fully saturated rings. The van der Waals surface area contributed by atoms with Gasteiger partial charge in [0, 0.05) is 22.7 Å². The molecule has 6 nitrogen and oxygen atoms in total. The van der Waals surface area contributed by atoms with Gasteiger partial charge in [-0.25, -0.2) is 0 Å². The molecule has 0 aliphatic carbocycles. The van der Waals surface area contributed by atoms with Gasteiger partial charge in [-0.3, -0.25) is 19.7 Å². The number of imide groups is 1. The number of hydrogen-bond donors (Lipinski definition) is 3. The summed E-state index contributed by atoms with van der Waals surface area (Å²) in [5, 5.41) is 8.88. The first kappa shape index (κ1) is 16.6. The predicted octanol–water partition coefficient (Wildman–Crippen LogP) is 1.61. The molecule has 0 radical (unpaired) electrons. The first-order chi connectivity index (χ1) is 11.1. The average Bonchev–Trinajstić information content (AvgIpc) is 2.70. The molecule has 1 saturated heterocycles. The third kappa shape index (κ3) is 3.19. The predicted molar refractivity (Wildman–Crippen MR) is 90.0 cm³/mol. The summed E-state index contributed by atoms with van der Waals surface area (Å²) >= 11 is 0. The Bertz CT molecular complexity index is 721. The van der Waals surface area contributed by atoms with Crippen molar-refractivity contribution >= 4 is 17.7 Å². The van der Waals surface area contributed by atoms with E-state index in [9.17, 15) is 14.4 Å². The Morgan fingerprint density at radius 2 is 1.62 bits per heavy atom. The van der Waals surface area contributed by atoms with E-state index in [-0.39, 0.29) is 28.6 Å². The van der Waals surface area contributed by atoms with Crippen LogP contribution in [0, 0.1) is 0 Å². The normalized spacial score (nSPS) is 22.0. The summed E-state index contributed by atoms with van der Waals surface area (Å²) < 4.78 is 0. The van der Waals surface area contributed by atoms with Gasteiger partial charge >= 0.3 is 0 Å². The maximum absolute atomic E-state index is 12.6. The minimum absolute atomic E-state index is 0.0486. The molecule has 3 rings (SSSR count). The maximum atomic E-state index is 12.6. The number of piperidine rings is 1. The van der Waals surface area contributed by atoms with Gasteiger partial charge < -0.3 is 10.6 Å². The molecule has 0 aromatic heterocycles. The Labute approximate surface area is 141 Å². The van der Waals surface area contributed by atoms with Crippen LogP contribution in [0.3, 0.4) is 0 Å². The average molecular weight is 329 g/mol. The quantitative estimate of drug-likeness (QED) is 0.720. The minimum atomic E-state index is -0.450. The largest absolute Gasteiger partial charge is 0.349 e. The van der Waals surface area contributed by atoms with Gasteiger partial charge in [-0.2, -0.15) is 0 Å². The summed E-state index contributed by atoms with van der Waals surface area (Å²) in [6, 6.07) is 4.65. The number of hydrogen-bond acceptors (Lipinski definition) is 4. The number of carbonyl (C=O) groups excluding carboxylic acids is 3. The van der Waals surface area contributed by atoms with Gasteiger partial charge in [0.1, 0.15) is 0 Å². The topological polar surface area (TPSA) is 87.3 Å². The van der Waals surface area contributed by atoms with Gasteiger partial charge in [0.05, 0.1) is 11.1 Å². The van der Waals surface area contributed by atoms with Gasteiger partial charge in [-0.1, -0.05) is 0 Å². The highest BCUT2D eigenvalue weighted by Crippen LogP contribution is 2.28. The van der Waals surface area contributed by atoms with Crippen LogP contribution < -0.4 is 16.0 Å². The second kappa shape index (κ2) is 5.41. The molecule has 1 aromatic rings. The molecule has 0 saturated carbocycles. The highest BCUT2D eigenvalue weighted by molar-refractivity contribution is 6.22. The van der Waals surface area contributed by atoms with Crippen molar-refractivity contribution in [2.24, 2.45) is 0 Å². The molecule has 6 heteroatoms. The Hall–Kier alpha value is -2.21. The van der Waals surface area contributed by atoms with Gasteiger partial charge in [0.25, 0.3) is 17.7 Å². The van der Waals surface area contributed by atoms with Gasteiger partial charge in [0.15, 0.2) is 0 Å².